The maximum atomic E-state index is 13.7. The first kappa shape index (κ1) is 23.8. The van der Waals surface area contributed by atoms with Crippen LogP contribution in [0.1, 0.15) is 42.7 Å². The van der Waals surface area contributed by atoms with E-state index in [1.54, 1.807) is 31.3 Å². The molecule has 2 unspecified atom stereocenters. The lowest BCUT2D eigenvalue weighted by Crippen LogP contribution is -2.62. The fraction of sp³-hybridized carbons (Fsp3) is 0.407. The monoisotopic (exact) mass is 490 g/mol. The molecule has 0 bridgehead atoms. The van der Waals surface area contributed by atoms with Crippen molar-refractivity contribution in [2.24, 2.45) is 5.92 Å². The minimum absolute atomic E-state index is 0.124. The number of anilines is 1. The summed E-state index contributed by atoms with van der Waals surface area (Å²) in [6.07, 6.45) is 3.48. The number of rotatable bonds is 6. The number of aryl methyl sites for hydroxylation is 2. The Balaban J connectivity index is 1.45. The number of nitrogens with zero attached hydrogens (tertiary/aromatic N) is 4. The van der Waals surface area contributed by atoms with E-state index < -0.39 is 0 Å². The van der Waals surface area contributed by atoms with Gasteiger partial charge in [-0.15, -0.1) is 0 Å². The van der Waals surface area contributed by atoms with Gasteiger partial charge in [-0.1, -0.05) is 24.1 Å². The van der Waals surface area contributed by atoms with Crippen LogP contribution in [-0.2, 0) is 11.3 Å². The molecule has 1 aromatic heterocycles. The molecule has 2 atom stereocenters. The number of aromatic nitrogens is 2. The smallest absolute Gasteiger partial charge is 0.332 e. The van der Waals surface area contributed by atoms with E-state index in [2.05, 4.69) is 10.1 Å². The SMILES string of the molecule is COc1ccc(-c2noc(CN3C(=O)N(c4ccc(C)c(C)c4)C(=O)C4CCCCC43)n2)cc1OC. The number of fused-ring (bicyclic) bond motifs is 1. The molecular weight excluding hydrogens is 460 g/mol. The van der Waals surface area contributed by atoms with Gasteiger partial charge in [0.2, 0.25) is 17.6 Å². The number of methoxy groups -OCH3 is 2. The van der Waals surface area contributed by atoms with Gasteiger partial charge in [-0.05, 0) is 68.1 Å². The van der Waals surface area contributed by atoms with Crippen molar-refractivity contribution in [1.29, 1.82) is 0 Å². The Labute approximate surface area is 210 Å². The lowest BCUT2D eigenvalue weighted by atomic mass is 9.81. The zero-order valence-electron chi connectivity index (χ0n) is 21.0. The Morgan fingerprint density at radius 3 is 2.50 bits per heavy atom. The van der Waals surface area contributed by atoms with Crippen molar-refractivity contribution in [3.63, 3.8) is 0 Å². The first-order valence-electron chi connectivity index (χ1n) is 12.2. The summed E-state index contributed by atoms with van der Waals surface area (Å²) in [5, 5.41) is 4.12. The molecule has 2 fully saturated rings. The van der Waals surface area contributed by atoms with Crippen LogP contribution in [0.15, 0.2) is 40.9 Å². The predicted molar refractivity (Wildman–Crippen MR) is 133 cm³/mol. The highest BCUT2D eigenvalue weighted by molar-refractivity contribution is 6.17. The van der Waals surface area contributed by atoms with Gasteiger partial charge in [0.05, 0.1) is 25.8 Å². The third kappa shape index (κ3) is 4.19. The summed E-state index contributed by atoms with van der Waals surface area (Å²) < 4.78 is 16.2. The van der Waals surface area contributed by atoms with Gasteiger partial charge >= 0.3 is 6.03 Å². The van der Waals surface area contributed by atoms with Crippen molar-refractivity contribution >= 4 is 17.6 Å². The number of hydrogen-bond donors (Lipinski definition) is 0. The van der Waals surface area contributed by atoms with Gasteiger partial charge in [-0.2, -0.15) is 4.98 Å². The molecule has 9 nitrogen and oxygen atoms in total. The van der Waals surface area contributed by atoms with Crippen LogP contribution in [0.2, 0.25) is 0 Å². The van der Waals surface area contributed by atoms with E-state index in [-0.39, 0.29) is 30.4 Å². The molecule has 1 saturated heterocycles. The van der Waals surface area contributed by atoms with Gasteiger partial charge in [-0.25, -0.2) is 9.69 Å². The molecule has 0 radical (unpaired) electrons. The van der Waals surface area contributed by atoms with E-state index in [1.807, 2.05) is 38.1 Å². The molecule has 188 valence electrons. The Hall–Kier alpha value is -3.88. The van der Waals surface area contributed by atoms with E-state index >= 15 is 0 Å². The van der Waals surface area contributed by atoms with Crippen molar-refractivity contribution in [2.45, 2.75) is 52.1 Å². The highest BCUT2D eigenvalue weighted by atomic mass is 16.5. The van der Waals surface area contributed by atoms with Crippen molar-refractivity contribution in [3.05, 3.63) is 53.4 Å². The Kier molecular flexibility index (Phi) is 6.38. The van der Waals surface area contributed by atoms with Crippen LogP contribution in [0.5, 0.6) is 11.5 Å². The van der Waals surface area contributed by atoms with Crippen molar-refractivity contribution < 1.29 is 23.6 Å². The van der Waals surface area contributed by atoms with Crippen molar-refractivity contribution in [3.8, 4) is 22.9 Å². The topological polar surface area (TPSA) is 98.0 Å². The molecule has 2 aromatic carbocycles. The summed E-state index contributed by atoms with van der Waals surface area (Å²) in [4.78, 5) is 34.8. The molecule has 5 rings (SSSR count). The highest BCUT2D eigenvalue weighted by Gasteiger charge is 2.48. The fourth-order valence-corrected chi connectivity index (χ4v) is 5.15. The molecular formula is C27H30N4O5. The van der Waals surface area contributed by atoms with Crippen LogP contribution in [0.25, 0.3) is 11.4 Å². The molecule has 1 aliphatic carbocycles. The second-order valence-corrected chi connectivity index (χ2v) is 9.39. The molecule has 1 aliphatic heterocycles. The number of amides is 3. The van der Waals surface area contributed by atoms with Gasteiger partial charge in [-0.3, -0.25) is 4.79 Å². The zero-order valence-corrected chi connectivity index (χ0v) is 21.0. The minimum atomic E-state index is -0.350. The quantitative estimate of drug-likeness (QED) is 0.485. The van der Waals surface area contributed by atoms with Crippen LogP contribution < -0.4 is 14.4 Å². The Bertz CT molecular complexity index is 1300. The highest BCUT2D eigenvalue weighted by Crippen LogP contribution is 2.38. The van der Waals surface area contributed by atoms with Gasteiger partial charge in [0.15, 0.2) is 11.5 Å². The third-order valence-electron chi connectivity index (χ3n) is 7.27. The normalized spacial score (nSPS) is 19.9. The Morgan fingerprint density at radius 2 is 1.75 bits per heavy atom. The maximum Gasteiger partial charge on any atom is 0.332 e. The summed E-state index contributed by atoms with van der Waals surface area (Å²) in [5.74, 6) is 1.49. The first-order chi connectivity index (χ1) is 17.4. The van der Waals surface area contributed by atoms with Crippen LogP contribution in [0, 0.1) is 19.8 Å². The summed E-state index contributed by atoms with van der Waals surface area (Å²) >= 11 is 0. The summed E-state index contributed by atoms with van der Waals surface area (Å²) in [6.45, 7) is 4.12. The maximum absolute atomic E-state index is 13.7. The van der Waals surface area contributed by atoms with Crippen LogP contribution >= 0.6 is 0 Å². The minimum Gasteiger partial charge on any atom is -0.493 e. The van der Waals surface area contributed by atoms with Crippen LogP contribution in [0.4, 0.5) is 10.5 Å². The average molecular weight is 491 g/mol. The van der Waals surface area contributed by atoms with Crippen molar-refractivity contribution in [1.82, 2.24) is 15.0 Å². The molecule has 0 N–H and O–H groups in total. The first-order valence-corrected chi connectivity index (χ1v) is 12.2. The van der Waals surface area contributed by atoms with Gasteiger partial charge in [0, 0.05) is 11.6 Å². The predicted octanol–water partition coefficient (Wildman–Crippen LogP) is 4.90. The standard InChI is InChI=1S/C27H30N4O5/c1-16-9-11-19(13-17(16)2)31-26(32)20-7-5-6-8-21(20)30(27(31)33)15-24-28-25(29-36-24)18-10-12-22(34-3)23(14-18)35-4/h9-14,20-21H,5-8,15H2,1-4H3. The van der Waals surface area contributed by atoms with Crippen molar-refractivity contribution in [2.75, 3.05) is 19.1 Å². The number of ether oxygens (including phenoxy) is 2. The van der Waals surface area contributed by atoms with E-state index in [4.69, 9.17) is 14.0 Å². The number of hydrogen-bond acceptors (Lipinski definition) is 7. The fourth-order valence-electron chi connectivity index (χ4n) is 5.15. The van der Waals surface area contributed by atoms with Crippen LogP contribution in [-0.4, -0.2) is 47.2 Å². The molecule has 1 saturated carbocycles. The molecule has 3 aromatic rings. The zero-order chi connectivity index (χ0) is 25.4. The summed E-state index contributed by atoms with van der Waals surface area (Å²) in [5.41, 5.74) is 3.44. The number of carbonyl (C=O) groups excluding carboxylic acids is 2. The number of imide groups is 1. The van der Waals surface area contributed by atoms with E-state index in [1.165, 1.54) is 4.90 Å². The molecule has 9 heteroatoms. The van der Waals surface area contributed by atoms with Gasteiger partial charge < -0.3 is 18.9 Å². The number of urea groups is 1. The summed E-state index contributed by atoms with van der Waals surface area (Å²) in [6, 6.07) is 10.5. The largest absolute Gasteiger partial charge is 0.493 e. The molecule has 2 heterocycles. The van der Waals surface area contributed by atoms with Gasteiger partial charge in [0.1, 0.15) is 6.54 Å². The second kappa shape index (κ2) is 9.64. The van der Waals surface area contributed by atoms with Crippen LogP contribution in [0.3, 0.4) is 0 Å². The third-order valence-corrected chi connectivity index (χ3v) is 7.27. The van der Waals surface area contributed by atoms with E-state index in [0.29, 0.717) is 34.5 Å². The number of carbonyl (C=O) groups is 2. The lowest BCUT2D eigenvalue weighted by Gasteiger charge is -2.46. The lowest BCUT2D eigenvalue weighted by molar-refractivity contribution is -0.127. The van der Waals surface area contributed by atoms with E-state index in [9.17, 15) is 9.59 Å². The Morgan fingerprint density at radius 1 is 0.972 bits per heavy atom. The average Bonchev–Trinajstić information content (AvgIpc) is 3.37. The summed E-state index contributed by atoms with van der Waals surface area (Å²) in [7, 11) is 3.14. The molecule has 3 amide bonds. The van der Waals surface area contributed by atoms with E-state index in [0.717, 1.165) is 36.8 Å². The second-order valence-electron chi connectivity index (χ2n) is 9.39. The number of benzene rings is 2. The molecule has 36 heavy (non-hydrogen) atoms. The molecule has 0 spiro atoms. The van der Waals surface area contributed by atoms with Gasteiger partial charge in [0.25, 0.3) is 0 Å². The molecule has 2 aliphatic rings.